The fourth-order valence-corrected chi connectivity index (χ4v) is 3.21. The van der Waals surface area contributed by atoms with Crippen molar-refractivity contribution in [3.05, 3.63) is 29.6 Å². The fourth-order valence-electron chi connectivity index (χ4n) is 3.21. The first-order valence-corrected chi connectivity index (χ1v) is 8.07. The molecular formula is C17H25N3O. The molecule has 2 heterocycles. The minimum Gasteiger partial charge on any atom is -0.396 e. The second-order valence-electron chi connectivity index (χ2n) is 6.09. The minimum absolute atomic E-state index is 0.231. The van der Waals surface area contributed by atoms with Gasteiger partial charge in [-0.3, -0.25) is 4.90 Å². The van der Waals surface area contributed by atoms with Gasteiger partial charge in [-0.15, -0.1) is 0 Å². The van der Waals surface area contributed by atoms with E-state index in [9.17, 15) is 0 Å². The predicted molar refractivity (Wildman–Crippen MR) is 85.3 cm³/mol. The van der Waals surface area contributed by atoms with Crippen molar-refractivity contribution < 1.29 is 5.11 Å². The van der Waals surface area contributed by atoms with E-state index in [-0.39, 0.29) is 6.61 Å². The van der Waals surface area contributed by atoms with Crippen molar-refractivity contribution >= 4 is 11.0 Å². The highest BCUT2D eigenvalue weighted by molar-refractivity contribution is 5.76. The summed E-state index contributed by atoms with van der Waals surface area (Å²) in [4.78, 5) is 7.37. The second kappa shape index (κ2) is 6.58. The second-order valence-corrected chi connectivity index (χ2v) is 6.09. The topological polar surface area (TPSA) is 41.3 Å². The average Bonchev–Trinajstić information content (AvgIpc) is 2.82. The molecule has 1 aliphatic heterocycles. The molecule has 3 rings (SSSR count). The Morgan fingerprint density at radius 3 is 2.76 bits per heavy atom. The molecule has 0 aliphatic carbocycles. The summed E-state index contributed by atoms with van der Waals surface area (Å²) in [5.74, 6) is 1.14. The van der Waals surface area contributed by atoms with Crippen molar-refractivity contribution in [3.63, 3.8) is 0 Å². The van der Waals surface area contributed by atoms with Crippen LogP contribution in [0.15, 0.2) is 18.2 Å². The van der Waals surface area contributed by atoms with Crippen molar-refractivity contribution in [2.75, 3.05) is 19.7 Å². The summed E-state index contributed by atoms with van der Waals surface area (Å²) in [6.45, 7) is 6.48. The number of aryl methyl sites for hydroxylation is 2. The van der Waals surface area contributed by atoms with Crippen LogP contribution in [0.3, 0.4) is 0 Å². The van der Waals surface area contributed by atoms with Crippen LogP contribution in [0.2, 0.25) is 0 Å². The summed E-state index contributed by atoms with van der Waals surface area (Å²) in [6, 6.07) is 6.46. The molecule has 0 bridgehead atoms. The Kier molecular flexibility index (Phi) is 4.56. The average molecular weight is 287 g/mol. The van der Waals surface area contributed by atoms with E-state index in [2.05, 4.69) is 34.6 Å². The quantitative estimate of drug-likeness (QED) is 0.919. The van der Waals surface area contributed by atoms with Crippen LogP contribution in [0.5, 0.6) is 0 Å². The molecule has 114 valence electrons. The van der Waals surface area contributed by atoms with Gasteiger partial charge in [-0.05, 0) is 57.0 Å². The fraction of sp³-hybridized carbons (Fsp3) is 0.588. The minimum atomic E-state index is 0.231. The zero-order valence-electron chi connectivity index (χ0n) is 12.9. The molecule has 1 fully saturated rings. The summed E-state index contributed by atoms with van der Waals surface area (Å²) < 4.78 is 2.29. The van der Waals surface area contributed by atoms with E-state index >= 15 is 0 Å². The zero-order chi connectivity index (χ0) is 14.7. The summed E-state index contributed by atoms with van der Waals surface area (Å²) in [5, 5.41) is 9.15. The number of aliphatic hydroxyl groups excluding tert-OH is 1. The number of hydrogen-bond donors (Lipinski definition) is 1. The number of rotatable bonds is 5. The lowest BCUT2D eigenvalue weighted by molar-refractivity contribution is 0.212. The Balaban J connectivity index is 1.90. The largest absolute Gasteiger partial charge is 0.396 e. The molecule has 1 N–H and O–H groups in total. The highest BCUT2D eigenvalue weighted by atomic mass is 16.3. The summed E-state index contributed by atoms with van der Waals surface area (Å²) >= 11 is 0. The number of likely N-dealkylation sites (tertiary alicyclic amines) is 1. The van der Waals surface area contributed by atoms with Gasteiger partial charge in [-0.2, -0.15) is 0 Å². The molecule has 0 spiro atoms. The Bertz CT molecular complexity index is 599. The van der Waals surface area contributed by atoms with Gasteiger partial charge in [0.05, 0.1) is 17.6 Å². The van der Waals surface area contributed by atoms with Gasteiger partial charge in [0.25, 0.3) is 0 Å². The van der Waals surface area contributed by atoms with Crippen LogP contribution in [0.4, 0.5) is 0 Å². The molecule has 21 heavy (non-hydrogen) atoms. The van der Waals surface area contributed by atoms with E-state index in [1.165, 1.54) is 43.4 Å². The summed E-state index contributed by atoms with van der Waals surface area (Å²) in [6.07, 6.45) is 4.74. The molecule has 2 aromatic rings. The Morgan fingerprint density at radius 1 is 1.19 bits per heavy atom. The molecule has 0 radical (unpaired) electrons. The van der Waals surface area contributed by atoms with Gasteiger partial charge >= 0.3 is 0 Å². The van der Waals surface area contributed by atoms with Crippen molar-refractivity contribution in [2.45, 2.75) is 45.7 Å². The van der Waals surface area contributed by atoms with E-state index < -0.39 is 0 Å². The standard InChI is InChI=1S/C17H25N3O/c1-14-6-7-16-15(12-14)18-17(20(16)10-5-11-21)13-19-8-3-2-4-9-19/h6-7,12,21H,2-5,8-11,13H2,1H3. The van der Waals surface area contributed by atoms with Crippen LogP contribution in [-0.2, 0) is 13.1 Å². The number of imidazole rings is 1. The Labute approximate surface area is 126 Å². The number of nitrogens with zero attached hydrogens (tertiary/aromatic N) is 3. The maximum absolute atomic E-state index is 9.15. The molecule has 0 atom stereocenters. The number of hydrogen-bond acceptors (Lipinski definition) is 3. The number of aromatic nitrogens is 2. The van der Waals surface area contributed by atoms with E-state index in [1.807, 2.05) is 0 Å². The molecule has 4 nitrogen and oxygen atoms in total. The van der Waals surface area contributed by atoms with Gasteiger partial charge in [0.15, 0.2) is 0 Å². The lowest BCUT2D eigenvalue weighted by atomic mass is 10.1. The Hall–Kier alpha value is -1.39. The van der Waals surface area contributed by atoms with Crippen molar-refractivity contribution in [1.29, 1.82) is 0 Å². The molecule has 1 aliphatic rings. The van der Waals surface area contributed by atoms with E-state index in [0.717, 1.165) is 30.9 Å². The lowest BCUT2D eigenvalue weighted by Crippen LogP contribution is -2.30. The van der Waals surface area contributed by atoms with Crippen LogP contribution in [0.25, 0.3) is 11.0 Å². The first-order valence-electron chi connectivity index (χ1n) is 8.07. The van der Waals surface area contributed by atoms with Gasteiger partial charge in [-0.25, -0.2) is 4.98 Å². The van der Waals surface area contributed by atoms with Gasteiger partial charge in [0.1, 0.15) is 5.82 Å². The molecule has 4 heteroatoms. The normalized spacial score (nSPS) is 16.7. The van der Waals surface area contributed by atoms with E-state index in [4.69, 9.17) is 10.1 Å². The SMILES string of the molecule is Cc1ccc2c(c1)nc(CN1CCCCC1)n2CCCO. The monoisotopic (exact) mass is 287 g/mol. The summed E-state index contributed by atoms with van der Waals surface area (Å²) in [5.41, 5.74) is 3.53. The summed E-state index contributed by atoms with van der Waals surface area (Å²) in [7, 11) is 0. The number of fused-ring (bicyclic) bond motifs is 1. The molecular weight excluding hydrogens is 262 g/mol. The number of benzene rings is 1. The van der Waals surface area contributed by atoms with Gasteiger partial charge in [-0.1, -0.05) is 12.5 Å². The lowest BCUT2D eigenvalue weighted by Gasteiger charge is -2.26. The van der Waals surface area contributed by atoms with Crippen LogP contribution in [-0.4, -0.2) is 39.3 Å². The van der Waals surface area contributed by atoms with E-state index in [0.29, 0.717) is 0 Å². The van der Waals surface area contributed by atoms with Crippen LogP contribution in [0.1, 0.15) is 37.1 Å². The smallest absolute Gasteiger partial charge is 0.124 e. The third-order valence-electron chi connectivity index (χ3n) is 4.34. The predicted octanol–water partition coefficient (Wildman–Crippen LogP) is 2.71. The van der Waals surface area contributed by atoms with Crippen molar-refractivity contribution in [2.24, 2.45) is 0 Å². The molecule has 0 unspecified atom stereocenters. The molecule has 1 saturated heterocycles. The maximum Gasteiger partial charge on any atom is 0.124 e. The third kappa shape index (κ3) is 3.27. The Morgan fingerprint density at radius 2 is 2.00 bits per heavy atom. The van der Waals surface area contributed by atoms with Crippen molar-refractivity contribution in [1.82, 2.24) is 14.5 Å². The van der Waals surface area contributed by atoms with Crippen LogP contribution in [0, 0.1) is 6.92 Å². The maximum atomic E-state index is 9.15. The zero-order valence-corrected chi connectivity index (χ0v) is 12.9. The van der Waals surface area contributed by atoms with Crippen LogP contribution >= 0.6 is 0 Å². The highest BCUT2D eigenvalue weighted by Gasteiger charge is 2.16. The first kappa shape index (κ1) is 14.5. The molecule has 1 aromatic heterocycles. The highest BCUT2D eigenvalue weighted by Crippen LogP contribution is 2.20. The van der Waals surface area contributed by atoms with Gasteiger partial charge in [0, 0.05) is 13.2 Å². The van der Waals surface area contributed by atoms with Gasteiger partial charge < -0.3 is 9.67 Å². The molecule has 1 aromatic carbocycles. The van der Waals surface area contributed by atoms with Crippen molar-refractivity contribution in [3.8, 4) is 0 Å². The number of aliphatic hydroxyl groups is 1. The molecule has 0 amide bonds. The first-order chi connectivity index (χ1) is 10.3. The third-order valence-corrected chi connectivity index (χ3v) is 4.34. The number of piperidine rings is 1. The van der Waals surface area contributed by atoms with Crippen LogP contribution < -0.4 is 0 Å². The molecule has 0 saturated carbocycles. The van der Waals surface area contributed by atoms with Gasteiger partial charge in [0.2, 0.25) is 0 Å². The van der Waals surface area contributed by atoms with E-state index in [1.54, 1.807) is 0 Å².